The zero-order valence-corrected chi connectivity index (χ0v) is 28.1. The van der Waals surface area contributed by atoms with Gasteiger partial charge in [-0.2, -0.15) is 0 Å². The van der Waals surface area contributed by atoms with Crippen LogP contribution in [0.1, 0.15) is 175 Å². The Bertz CT molecular complexity index is 735. The van der Waals surface area contributed by atoms with E-state index in [0.29, 0.717) is 42.5 Å². The lowest BCUT2D eigenvalue weighted by atomic mass is 9.50. The molecule has 0 aromatic heterocycles. The first kappa shape index (κ1) is 36.4. The summed E-state index contributed by atoms with van der Waals surface area (Å²) in [5, 5.41) is 0. The molecule has 4 aliphatic rings. The maximum Gasteiger partial charge on any atom is 0.132 e. The number of hydrogen-bond donors (Lipinski definition) is 0. The van der Waals surface area contributed by atoms with E-state index in [2.05, 4.69) is 0 Å². The molecule has 0 atom stereocenters. The Morgan fingerprint density at radius 3 is 1.02 bits per heavy atom. The highest BCUT2D eigenvalue weighted by Gasteiger charge is 2.65. The minimum absolute atomic E-state index is 0.140. The van der Waals surface area contributed by atoms with Gasteiger partial charge in [-0.25, -0.2) is 0 Å². The lowest BCUT2D eigenvalue weighted by Gasteiger charge is -2.65. The van der Waals surface area contributed by atoms with Crippen molar-refractivity contribution in [3.8, 4) is 0 Å². The average Bonchev–Trinajstić information content (AvgIpc) is 2.98. The van der Waals surface area contributed by atoms with Crippen molar-refractivity contribution < 1.29 is 28.6 Å². The first-order chi connectivity index (χ1) is 20.8. The fraction of sp³-hybridized carbons (Fsp3) is 0.919. The van der Waals surface area contributed by atoms with Crippen LogP contribution < -0.4 is 0 Å². The summed E-state index contributed by atoms with van der Waals surface area (Å²) in [5.74, 6) is 1.72. The first-order valence-electron chi connectivity index (χ1n) is 18.2. The number of ether oxygens (including phenoxy) is 3. The van der Waals surface area contributed by atoms with E-state index in [0.717, 1.165) is 155 Å². The number of unbranched alkanes of at least 4 members (excludes halogenated alkanes) is 9. The van der Waals surface area contributed by atoms with E-state index in [4.69, 9.17) is 14.2 Å². The molecule has 4 rings (SSSR count). The van der Waals surface area contributed by atoms with Crippen molar-refractivity contribution >= 4 is 17.3 Å². The van der Waals surface area contributed by atoms with Crippen LogP contribution in [0, 0.1) is 5.92 Å². The monoisotopic (exact) mass is 604 g/mol. The van der Waals surface area contributed by atoms with Crippen LogP contribution in [0.2, 0.25) is 0 Å². The quantitative estimate of drug-likeness (QED) is 0.0871. The minimum atomic E-state index is -0.140. The molecule has 0 unspecified atom stereocenters. The molecule has 0 aromatic carbocycles. The number of Topliss-reactive ketones (excluding diaryl/α,β-unsaturated/α-hetero) is 3. The van der Waals surface area contributed by atoms with E-state index in [1.54, 1.807) is 0 Å². The summed E-state index contributed by atoms with van der Waals surface area (Å²) in [6.45, 7) is 8.20. The molecule has 0 saturated heterocycles. The van der Waals surface area contributed by atoms with Gasteiger partial charge in [0.1, 0.15) is 17.3 Å². The molecule has 0 heterocycles. The molecule has 4 saturated carbocycles. The fourth-order valence-electron chi connectivity index (χ4n) is 8.39. The summed E-state index contributed by atoms with van der Waals surface area (Å²) in [6, 6.07) is 0. The average molecular weight is 605 g/mol. The van der Waals surface area contributed by atoms with Crippen molar-refractivity contribution in [2.24, 2.45) is 5.92 Å². The summed E-state index contributed by atoms with van der Waals surface area (Å²) in [6.07, 6.45) is 23.3. The number of carbonyl (C=O) groups is 3. The highest BCUT2D eigenvalue weighted by Crippen LogP contribution is 2.63. The highest BCUT2D eigenvalue weighted by molar-refractivity contribution is 5.78. The molecule has 0 N–H and O–H groups in total. The van der Waals surface area contributed by atoms with Crippen molar-refractivity contribution in [1.29, 1.82) is 0 Å². The van der Waals surface area contributed by atoms with E-state index < -0.39 is 0 Å². The Morgan fingerprint density at radius 1 is 0.465 bits per heavy atom. The molecule has 43 heavy (non-hydrogen) atoms. The Hall–Kier alpha value is -1.11. The third-order valence-electron chi connectivity index (χ3n) is 10.4. The Kier molecular flexibility index (Phi) is 15.9. The second-order valence-electron chi connectivity index (χ2n) is 14.3. The molecule has 6 heteroatoms. The molecule has 0 radical (unpaired) electrons. The molecule has 6 nitrogen and oxygen atoms in total. The molecule has 248 valence electrons. The van der Waals surface area contributed by atoms with Gasteiger partial charge in [0.15, 0.2) is 0 Å². The summed E-state index contributed by atoms with van der Waals surface area (Å²) in [7, 11) is 0. The van der Waals surface area contributed by atoms with Crippen LogP contribution in [-0.4, -0.2) is 54.0 Å². The van der Waals surface area contributed by atoms with Crippen LogP contribution in [0.4, 0.5) is 0 Å². The zero-order valence-electron chi connectivity index (χ0n) is 28.1. The topological polar surface area (TPSA) is 78.9 Å². The number of rotatable bonds is 27. The second kappa shape index (κ2) is 18.8. The van der Waals surface area contributed by atoms with Crippen molar-refractivity contribution in [2.45, 2.75) is 192 Å². The van der Waals surface area contributed by atoms with E-state index in [1.165, 1.54) is 0 Å². The first-order valence-corrected chi connectivity index (χ1v) is 18.2. The van der Waals surface area contributed by atoms with E-state index >= 15 is 0 Å². The van der Waals surface area contributed by atoms with Crippen LogP contribution in [0.5, 0.6) is 0 Å². The number of ketones is 3. The molecule has 0 aromatic rings. The maximum atomic E-state index is 11.6. The molecule has 4 fully saturated rings. The molecule has 0 amide bonds. The number of carbonyl (C=O) groups excluding carboxylic acids is 3. The minimum Gasteiger partial charge on any atom is -0.375 e. The SMILES string of the molecule is CCC(=O)CCCCCCOC12CC3CC(OCCCCCCC(=O)CC)(C1)CC(OCCCCCCC(=O)CC)(C3)C2. The Labute approximate surface area is 263 Å². The van der Waals surface area contributed by atoms with Gasteiger partial charge in [-0.1, -0.05) is 59.3 Å². The van der Waals surface area contributed by atoms with E-state index in [-0.39, 0.29) is 16.8 Å². The number of hydrogen-bond acceptors (Lipinski definition) is 6. The Morgan fingerprint density at radius 2 is 0.744 bits per heavy atom. The zero-order chi connectivity index (χ0) is 31.0. The summed E-state index contributed by atoms with van der Waals surface area (Å²) in [5.41, 5.74) is -0.421. The molecular formula is C37H64O6. The van der Waals surface area contributed by atoms with Gasteiger partial charge in [0.2, 0.25) is 0 Å². The third-order valence-corrected chi connectivity index (χ3v) is 10.4. The van der Waals surface area contributed by atoms with Gasteiger partial charge in [-0.05, 0) is 63.7 Å². The lowest BCUT2D eigenvalue weighted by Crippen LogP contribution is -2.68. The van der Waals surface area contributed by atoms with Gasteiger partial charge in [0.05, 0.1) is 16.8 Å². The Balaban J connectivity index is 1.50. The van der Waals surface area contributed by atoms with Crippen LogP contribution in [0.25, 0.3) is 0 Å². The second-order valence-corrected chi connectivity index (χ2v) is 14.3. The lowest BCUT2D eigenvalue weighted by molar-refractivity contribution is -0.291. The normalized spacial score (nSPS) is 27.6. The van der Waals surface area contributed by atoms with E-state index in [9.17, 15) is 14.4 Å². The molecule has 0 spiro atoms. The maximum absolute atomic E-state index is 11.6. The predicted molar refractivity (Wildman–Crippen MR) is 172 cm³/mol. The van der Waals surface area contributed by atoms with Crippen molar-refractivity contribution in [1.82, 2.24) is 0 Å². The fourth-order valence-corrected chi connectivity index (χ4v) is 8.39. The van der Waals surface area contributed by atoms with Crippen LogP contribution >= 0.6 is 0 Å². The smallest absolute Gasteiger partial charge is 0.132 e. The largest absolute Gasteiger partial charge is 0.375 e. The standard InChI is InChI=1S/C37H64O6/c1-4-32(38)19-13-7-10-16-22-41-35-25-31-26-36(28-35,42-23-17-11-8-14-20-33(39)5-2)30-37(27-31,29-35)43-24-18-12-9-15-21-34(40)6-3/h31H,4-30H2,1-3H3. The van der Waals surface area contributed by atoms with E-state index in [1.807, 2.05) is 20.8 Å². The van der Waals surface area contributed by atoms with Crippen molar-refractivity contribution in [3.05, 3.63) is 0 Å². The predicted octanol–water partition coefficient (Wildman–Crippen LogP) is 9.04. The molecule has 4 aliphatic carbocycles. The van der Waals surface area contributed by atoms with Gasteiger partial charge in [0, 0.05) is 77.6 Å². The van der Waals surface area contributed by atoms with Gasteiger partial charge < -0.3 is 14.2 Å². The van der Waals surface area contributed by atoms with Gasteiger partial charge >= 0.3 is 0 Å². The molecule has 0 aliphatic heterocycles. The summed E-state index contributed by atoms with van der Waals surface area (Å²) < 4.78 is 20.5. The van der Waals surface area contributed by atoms with Crippen LogP contribution in [-0.2, 0) is 28.6 Å². The molecule has 4 bridgehead atoms. The molecular weight excluding hydrogens is 540 g/mol. The van der Waals surface area contributed by atoms with Gasteiger partial charge in [-0.15, -0.1) is 0 Å². The van der Waals surface area contributed by atoms with Gasteiger partial charge in [-0.3, -0.25) is 14.4 Å². The summed E-state index contributed by atoms with van der Waals surface area (Å²) >= 11 is 0. The highest BCUT2D eigenvalue weighted by atomic mass is 16.5. The van der Waals surface area contributed by atoms with Crippen LogP contribution in [0.15, 0.2) is 0 Å². The van der Waals surface area contributed by atoms with Crippen LogP contribution in [0.3, 0.4) is 0 Å². The van der Waals surface area contributed by atoms with Crippen molar-refractivity contribution in [3.63, 3.8) is 0 Å². The van der Waals surface area contributed by atoms with Crippen molar-refractivity contribution in [2.75, 3.05) is 19.8 Å². The summed E-state index contributed by atoms with van der Waals surface area (Å²) in [4.78, 5) is 34.8. The van der Waals surface area contributed by atoms with Gasteiger partial charge in [0.25, 0.3) is 0 Å². The third kappa shape index (κ3) is 12.3.